The molecule has 3 N–H and O–H groups in total. The fraction of sp³-hybridized carbons (Fsp3) is 0.562. The zero-order valence-corrected chi connectivity index (χ0v) is 12.9. The Morgan fingerprint density at radius 1 is 1.29 bits per heavy atom. The van der Waals surface area contributed by atoms with Gasteiger partial charge in [-0.25, -0.2) is 0 Å². The van der Waals surface area contributed by atoms with E-state index in [4.69, 9.17) is 10.5 Å². The monoisotopic (exact) mass is 308 g/mol. The third-order valence-electron chi connectivity index (χ3n) is 5.54. The summed E-state index contributed by atoms with van der Waals surface area (Å²) in [6, 6.07) is 5.41. The predicted molar refractivity (Wildman–Crippen MR) is 84.6 cm³/mol. The number of methoxy groups -OCH3 is 1. The van der Waals surface area contributed by atoms with Crippen LogP contribution in [0, 0.1) is 29.6 Å². The minimum Gasteiger partial charge on any atom is -0.495 e. The number of halogens is 1. The van der Waals surface area contributed by atoms with Gasteiger partial charge in [-0.2, -0.15) is 0 Å². The molecule has 0 aromatic heterocycles. The number of anilines is 2. The molecule has 0 spiro atoms. The second-order valence-corrected chi connectivity index (χ2v) is 6.46. The summed E-state index contributed by atoms with van der Waals surface area (Å²) in [5.74, 6) is 4.06. The summed E-state index contributed by atoms with van der Waals surface area (Å²) in [6.07, 6.45) is 4.05. The van der Waals surface area contributed by atoms with Crippen molar-refractivity contribution in [3.8, 4) is 5.75 Å². The van der Waals surface area contributed by atoms with E-state index in [1.807, 2.05) is 6.07 Å². The summed E-state index contributed by atoms with van der Waals surface area (Å²) in [6.45, 7) is 0. The number of hydrogen-bond acceptors (Lipinski definition) is 3. The van der Waals surface area contributed by atoms with Gasteiger partial charge in [0.05, 0.1) is 12.8 Å². The molecule has 4 atom stereocenters. The van der Waals surface area contributed by atoms with Crippen molar-refractivity contribution < 1.29 is 9.53 Å². The molecule has 0 radical (unpaired) electrons. The van der Waals surface area contributed by atoms with Crippen LogP contribution in [0.1, 0.15) is 19.3 Å². The number of benzene rings is 1. The topological polar surface area (TPSA) is 64.3 Å². The maximum absolute atomic E-state index is 12.4. The third kappa shape index (κ3) is 2.16. The fourth-order valence-electron chi connectivity index (χ4n) is 4.71. The van der Waals surface area contributed by atoms with Gasteiger partial charge < -0.3 is 15.8 Å². The van der Waals surface area contributed by atoms with Crippen LogP contribution in [-0.4, -0.2) is 13.0 Å². The standard InChI is InChI=1S/C16H20N2O2.ClH/c1-20-12-5-4-10(7-11(12)17)18-16(19)15-13-8-2-3-9(6-8)14(13)15;/h4-5,7-9,13-15H,2-3,6,17H2,1H3,(H,18,19);1H. The Morgan fingerprint density at radius 2 is 1.95 bits per heavy atom. The van der Waals surface area contributed by atoms with Gasteiger partial charge in [0, 0.05) is 11.6 Å². The number of carbonyl (C=O) groups excluding carboxylic acids is 1. The number of nitrogens with one attached hydrogen (secondary N) is 1. The lowest BCUT2D eigenvalue weighted by atomic mass is 10.0. The SMILES string of the molecule is COc1ccc(NC(=O)C2C3C4CCC(C4)C23)cc1N.Cl. The van der Waals surface area contributed by atoms with Crippen molar-refractivity contribution >= 4 is 29.7 Å². The Labute approximate surface area is 130 Å². The van der Waals surface area contributed by atoms with Crippen molar-refractivity contribution in [2.24, 2.45) is 29.6 Å². The Morgan fingerprint density at radius 3 is 2.52 bits per heavy atom. The van der Waals surface area contributed by atoms with Crippen molar-refractivity contribution in [3.63, 3.8) is 0 Å². The molecular weight excluding hydrogens is 288 g/mol. The van der Waals surface area contributed by atoms with Crippen LogP contribution in [0.15, 0.2) is 18.2 Å². The highest BCUT2D eigenvalue weighted by Crippen LogP contribution is 2.69. The molecule has 1 aromatic carbocycles. The van der Waals surface area contributed by atoms with E-state index in [9.17, 15) is 4.79 Å². The van der Waals surface area contributed by atoms with Gasteiger partial charge in [-0.3, -0.25) is 4.79 Å². The first-order valence-electron chi connectivity index (χ1n) is 7.43. The smallest absolute Gasteiger partial charge is 0.228 e. The summed E-state index contributed by atoms with van der Waals surface area (Å²) in [5.41, 5.74) is 7.19. The quantitative estimate of drug-likeness (QED) is 0.844. The van der Waals surface area contributed by atoms with E-state index in [2.05, 4.69) is 5.32 Å². The van der Waals surface area contributed by atoms with Gasteiger partial charge in [-0.1, -0.05) is 0 Å². The number of hydrogen-bond donors (Lipinski definition) is 2. The lowest BCUT2D eigenvalue weighted by Gasteiger charge is -2.11. The maximum Gasteiger partial charge on any atom is 0.228 e. The van der Waals surface area contributed by atoms with E-state index >= 15 is 0 Å². The van der Waals surface area contributed by atoms with Gasteiger partial charge in [-0.15, -0.1) is 12.4 Å². The molecular formula is C16H21ClN2O2. The van der Waals surface area contributed by atoms with E-state index in [1.54, 1.807) is 19.2 Å². The van der Waals surface area contributed by atoms with Gasteiger partial charge in [0.15, 0.2) is 0 Å². The molecule has 4 nitrogen and oxygen atoms in total. The molecule has 0 saturated heterocycles. The van der Waals surface area contributed by atoms with Gasteiger partial charge in [0.1, 0.15) is 5.75 Å². The summed E-state index contributed by atoms with van der Waals surface area (Å²) in [4.78, 5) is 12.4. The molecule has 0 heterocycles. The molecule has 114 valence electrons. The number of carbonyl (C=O) groups is 1. The molecule has 3 fully saturated rings. The number of nitrogen functional groups attached to an aromatic ring is 1. The number of rotatable bonds is 3. The Bertz CT molecular complexity index is 561. The highest BCUT2D eigenvalue weighted by Gasteiger charge is 2.67. The van der Waals surface area contributed by atoms with Crippen molar-refractivity contribution in [1.82, 2.24) is 0 Å². The molecule has 1 amide bonds. The van der Waals surface area contributed by atoms with Gasteiger partial charge in [-0.05, 0) is 61.1 Å². The van der Waals surface area contributed by atoms with Crippen molar-refractivity contribution in [3.05, 3.63) is 18.2 Å². The van der Waals surface area contributed by atoms with E-state index in [0.717, 1.165) is 17.5 Å². The first-order chi connectivity index (χ1) is 9.69. The largest absolute Gasteiger partial charge is 0.495 e. The number of nitrogens with two attached hydrogens (primary N) is 1. The van der Waals surface area contributed by atoms with E-state index in [0.29, 0.717) is 23.3 Å². The summed E-state index contributed by atoms with van der Waals surface area (Å²) < 4.78 is 5.12. The number of fused-ring (bicyclic) bond motifs is 5. The van der Waals surface area contributed by atoms with Crippen LogP contribution in [0.3, 0.4) is 0 Å². The highest BCUT2D eigenvalue weighted by atomic mass is 35.5. The summed E-state index contributed by atoms with van der Waals surface area (Å²) >= 11 is 0. The van der Waals surface area contributed by atoms with Crippen LogP contribution in [0.5, 0.6) is 5.75 Å². The maximum atomic E-state index is 12.4. The lowest BCUT2D eigenvalue weighted by Crippen LogP contribution is -2.18. The van der Waals surface area contributed by atoms with Crippen LogP contribution < -0.4 is 15.8 Å². The lowest BCUT2D eigenvalue weighted by molar-refractivity contribution is -0.118. The first kappa shape index (κ1) is 14.5. The molecule has 3 aliphatic rings. The highest BCUT2D eigenvalue weighted by molar-refractivity contribution is 5.95. The minimum atomic E-state index is 0. The molecule has 3 saturated carbocycles. The van der Waals surface area contributed by atoms with Gasteiger partial charge in [0.2, 0.25) is 5.91 Å². The molecule has 1 aromatic rings. The van der Waals surface area contributed by atoms with Gasteiger partial charge in [0.25, 0.3) is 0 Å². The average Bonchev–Trinajstić information content (AvgIpc) is 2.88. The van der Waals surface area contributed by atoms with Crippen LogP contribution in [0.25, 0.3) is 0 Å². The molecule has 4 unspecified atom stereocenters. The predicted octanol–water partition coefficient (Wildman–Crippen LogP) is 2.93. The first-order valence-corrected chi connectivity index (χ1v) is 7.43. The third-order valence-corrected chi connectivity index (χ3v) is 5.54. The van der Waals surface area contributed by atoms with Gasteiger partial charge >= 0.3 is 0 Å². The van der Waals surface area contributed by atoms with Crippen LogP contribution >= 0.6 is 12.4 Å². The zero-order chi connectivity index (χ0) is 13.9. The molecule has 5 heteroatoms. The Hall–Kier alpha value is -1.42. The molecule has 0 aliphatic heterocycles. The zero-order valence-electron chi connectivity index (χ0n) is 12.0. The molecule has 3 aliphatic carbocycles. The minimum absolute atomic E-state index is 0. The van der Waals surface area contributed by atoms with Crippen molar-refractivity contribution in [2.45, 2.75) is 19.3 Å². The molecule has 4 rings (SSSR count). The van der Waals surface area contributed by atoms with E-state index in [-0.39, 0.29) is 24.2 Å². The average molecular weight is 309 g/mol. The van der Waals surface area contributed by atoms with Crippen molar-refractivity contribution in [1.29, 1.82) is 0 Å². The second kappa shape index (κ2) is 5.09. The van der Waals surface area contributed by atoms with Crippen LogP contribution in [0.4, 0.5) is 11.4 Å². The molecule has 21 heavy (non-hydrogen) atoms. The second-order valence-electron chi connectivity index (χ2n) is 6.46. The summed E-state index contributed by atoms with van der Waals surface area (Å²) in [7, 11) is 1.59. The van der Waals surface area contributed by atoms with E-state index < -0.39 is 0 Å². The number of amides is 1. The Kier molecular flexibility index (Phi) is 3.52. The summed E-state index contributed by atoms with van der Waals surface area (Å²) in [5, 5.41) is 3.02. The van der Waals surface area contributed by atoms with Crippen LogP contribution in [-0.2, 0) is 4.79 Å². The van der Waals surface area contributed by atoms with Crippen LogP contribution in [0.2, 0.25) is 0 Å². The fourth-order valence-corrected chi connectivity index (χ4v) is 4.71. The normalized spacial score (nSPS) is 34.8. The van der Waals surface area contributed by atoms with E-state index in [1.165, 1.54) is 19.3 Å². The Balaban J connectivity index is 0.00000132. The molecule has 2 bridgehead atoms. The van der Waals surface area contributed by atoms with Crippen molar-refractivity contribution in [2.75, 3.05) is 18.2 Å². The number of ether oxygens (including phenoxy) is 1.